The number of carbonyl (C=O) groups is 1. The molecule has 2 N–H and O–H groups in total. The second-order valence-electron chi connectivity index (χ2n) is 5.09. The molecule has 21 heavy (non-hydrogen) atoms. The Morgan fingerprint density at radius 1 is 1.38 bits per heavy atom. The fourth-order valence-corrected chi connectivity index (χ4v) is 2.68. The topological polar surface area (TPSA) is 50.4 Å². The Bertz CT molecular complexity index is 422. The van der Waals surface area contributed by atoms with Crippen molar-refractivity contribution < 1.29 is 9.53 Å². The van der Waals surface area contributed by atoms with Gasteiger partial charge in [0, 0.05) is 10.1 Å². The van der Waals surface area contributed by atoms with Gasteiger partial charge in [0.05, 0.1) is 0 Å². The average molecular weight is 425 g/mol. The molecule has 1 aliphatic rings. The van der Waals surface area contributed by atoms with Crippen LogP contribution in [0.4, 0.5) is 0 Å². The minimum atomic E-state index is -0.0488. The van der Waals surface area contributed by atoms with Gasteiger partial charge in [0.15, 0.2) is 6.61 Å². The number of rotatable bonds is 6. The molecule has 6 heteroatoms. The fourth-order valence-electron chi connectivity index (χ4n) is 2.32. The molecular weight excluding hydrogens is 403 g/mol. The molecular formula is C15H22ClIN2O2. The van der Waals surface area contributed by atoms with Gasteiger partial charge in [-0.2, -0.15) is 0 Å². The lowest BCUT2D eigenvalue weighted by molar-refractivity contribution is -0.123. The van der Waals surface area contributed by atoms with Gasteiger partial charge in [0.25, 0.3) is 5.91 Å². The Balaban J connectivity index is 0.00000220. The van der Waals surface area contributed by atoms with Crippen LogP contribution in [0.1, 0.15) is 19.3 Å². The van der Waals surface area contributed by atoms with Gasteiger partial charge >= 0.3 is 0 Å². The molecule has 1 aromatic carbocycles. The minimum absolute atomic E-state index is 0. The summed E-state index contributed by atoms with van der Waals surface area (Å²) in [5.74, 6) is 1.38. The van der Waals surface area contributed by atoms with Gasteiger partial charge in [-0.15, -0.1) is 12.4 Å². The second-order valence-corrected chi connectivity index (χ2v) is 6.34. The Morgan fingerprint density at radius 2 is 2.14 bits per heavy atom. The fraction of sp³-hybridized carbons (Fsp3) is 0.533. The van der Waals surface area contributed by atoms with Crippen molar-refractivity contribution in [2.75, 3.05) is 26.2 Å². The number of benzene rings is 1. The molecule has 0 saturated carbocycles. The normalized spacial score (nSPS) is 17.7. The molecule has 2 rings (SSSR count). The number of halogens is 2. The van der Waals surface area contributed by atoms with Gasteiger partial charge in [-0.05, 0) is 85.1 Å². The predicted octanol–water partition coefficient (Wildman–Crippen LogP) is 2.60. The number of nitrogens with one attached hydrogen (secondary N) is 2. The van der Waals surface area contributed by atoms with Crippen LogP contribution in [0.2, 0.25) is 0 Å². The van der Waals surface area contributed by atoms with Gasteiger partial charge in [0.1, 0.15) is 5.75 Å². The maximum absolute atomic E-state index is 11.7. The van der Waals surface area contributed by atoms with E-state index in [1.807, 2.05) is 24.3 Å². The van der Waals surface area contributed by atoms with Crippen molar-refractivity contribution in [1.82, 2.24) is 10.6 Å². The van der Waals surface area contributed by atoms with Crippen molar-refractivity contribution in [1.29, 1.82) is 0 Å². The monoisotopic (exact) mass is 424 g/mol. The second kappa shape index (κ2) is 10.2. The van der Waals surface area contributed by atoms with E-state index >= 15 is 0 Å². The summed E-state index contributed by atoms with van der Waals surface area (Å²) in [7, 11) is 0. The standard InChI is InChI=1S/C15H21IN2O2.ClH/c16-13-3-5-14(6-4-13)20-11-15(19)18-9-7-12-2-1-8-17-10-12;/h3-6,12,17H,1-2,7-11H2,(H,18,19);1H. The third-order valence-corrected chi connectivity index (χ3v) is 4.18. The Hall–Kier alpha value is -0.530. The van der Waals surface area contributed by atoms with Gasteiger partial charge in [0.2, 0.25) is 0 Å². The molecule has 118 valence electrons. The molecule has 1 amide bonds. The zero-order valence-electron chi connectivity index (χ0n) is 11.9. The lowest BCUT2D eigenvalue weighted by Crippen LogP contribution is -2.34. The molecule has 0 spiro atoms. The molecule has 0 radical (unpaired) electrons. The molecule has 4 nitrogen and oxygen atoms in total. The summed E-state index contributed by atoms with van der Waals surface area (Å²) in [6, 6.07) is 7.68. The highest BCUT2D eigenvalue weighted by Crippen LogP contribution is 2.14. The van der Waals surface area contributed by atoms with E-state index in [4.69, 9.17) is 4.74 Å². The highest BCUT2D eigenvalue weighted by Gasteiger charge is 2.12. The third kappa shape index (κ3) is 7.33. The van der Waals surface area contributed by atoms with Gasteiger partial charge in [-0.3, -0.25) is 4.79 Å². The van der Waals surface area contributed by atoms with E-state index in [1.165, 1.54) is 12.8 Å². The number of carbonyl (C=O) groups excluding carboxylic acids is 1. The van der Waals surface area contributed by atoms with Crippen LogP contribution in [0.3, 0.4) is 0 Å². The van der Waals surface area contributed by atoms with Crippen LogP contribution >= 0.6 is 35.0 Å². The van der Waals surface area contributed by atoms with Gasteiger partial charge in [-0.25, -0.2) is 0 Å². The van der Waals surface area contributed by atoms with E-state index in [2.05, 4.69) is 33.2 Å². The van der Waals surface area contributed by atoms with E-state index in [1.54, 1.807) is 0 Å². The summed E-state index contributed by atoms with van der Waals surface area (Å²) in [6.45, 7) is 3.03. The number of ether oxygens (including phenoxy) is 1. The summed E-state index contributed by atoms with van der Waals surface area (Å²) in [4.78, 5) is 11.7. The first kappa shape index (κ1) is 18.5. The summed E-state index contributed by atoms with van der Waals surface area (Å²) < 4.78 is 6.59. The highest BCUT2D eigenvalue weighted by atomic mass is 127. The van der Waals surface area contributed by atoms with Crippen molar-refractivity contribution in [2.45, 2.75) is 19.3 Å². The molecule has 1 aromatic rings. The van der Waals surface area contributed by atoms with Crippen LogP contribution in [0.5, 0.6) is 5.75 Å². The molecule has 1 saturated heterocycles. The quantitative estimate of drug-likeness (QED) is 0.690. The maximum atomic E-state index is 11.7. The average Bonchev–Trinajstić information content (AvgIpc) is 2.48. The summed E-state index contributed by atoms with van der Waals surface area (Å²) in [5.41, 5.74) is 0. The van der Waals surface area contributed by atoms with Crippen molar-refractivity contribution >= 4 is 40.9 Å². The third-order valence-electron chi connectivity index (χ3n) is 3.46. The number of piperidine rings is 1. The van der Waals surface area contributed by atoms with E-state index < -0.39 is 0 Å². The van der Waals surface area contributed by atoms with Gasteiger partial charge < -0.3 is 15.4 Å². The zero-order valence-corrected chi connectivity index (χ0v) is 14.9. The predicted molar refractivity (Wildman–Crippen MR) is 95.1 cm³/mol. The van der Waals surface area contributed by atoms with Gasteiger partial charge in [-0.1, -0.05) is 0 Å². The molecule has 1 heterocycles. The first-order chi connectivity index (χ1) is 9.74. The molecule has 1 aliphatic heterocycles. The minimum Gasteiger partial charge on any atom is -0.484 e. The first-order valence-corrected chi connectivity index (χ1v) is 8.17. The first-order valence-electron chi connectivity index (χ1n) is 7.10. The van der Waals surface area contributed by atoms with Crippen LogP contribution in [0, 0.1) is 9.49 Å². The lowest BCUT2D eigenvalue weighted by Gasteiger charge is -2.22. The van der Waals surface area contributed by atoms with Crippen LogP contribution in [-0.4, -0.2) is 32.1 Å². The van der Waals surface area contributed by atoms with E-state index in [-0.39, 0.29) is 24.9 Å². The Kier molecular flexibility index (Phi) is 9.03. The largest absolute Gasteiger partial charge is 0.484 e. The van der Waals surface area contributed by atoms with Crippen molar-refractivity contribution in [3.8, 4) is 5.75 Å². The van der Waals surface area contributed by atoms with E-state index in [0.717, 1.165) is 35.4 Å². The molecule has 0 bridgehead atoms. The van der Waals surface area contributed by atoms with Crippen molar-refractivity contribution in [3.05, 3.63) is 27.8 Å². The Labute approximate surface area is 145 Å². The molecule has 1 unspecified atom stereocenters. The summed E-state index contributed by atoms with van der Waals surface area (Å²) in [6.07, 6.45) is 3.55. The molecule has 0 aliphatic carbocycles. The van der Waals surface area contributed by atoms with E-state index in [9.17, 15) is 4.79 Å². The summed E-state index contributed by atoms with van der Waals surface area (Å²) >= 11 is 2.24. The molecule has 0 aromatic heterocycles. The van der Waals surface area contributed by atoms with Crippen LogP contribution in [0.25, 0.3) is 0 Å². The molecule has 1 fully saturated rings. The number of amides is 1. The number of hydrogen-bond donors (Lipinski definition) is 2. The van der Waals surface area contributed by atoms with E-state index in [0.29, 0.717) is 5.92 Å². The smallest absolute Gasteiger partial charge is 0.257 e. The highest BCUT2D eigenvalue weighted by molar-refractivity contribution is 14.1. The lowest BCUT2D eigenvalue weighted by atomic mass is 9.96. The van der Waals surface area contributed by atoms with Crippen LogP contribution < -0.4 is 15.4 Å². The molecule has 1 atom stereocenters. The maximum Gasteiger partial charge on any atom is 0.257 e. The van der Waals surface area contributed by atoms with Crippen LogP contribution in [0.15, 0.2) is 24.3 Å². The SMILES string of the molecule is Cl.O=C(COc1ccc(I)cc1)NCCC1CCCNC1. The Morgan fingerprint density at radius 3 is 2.81 bits per heavy atom. The van der Waals surface area contributed by atoms with Crippen molar-refractivity contribution in [2.24, 2.45) is 5.92 Å². The van der Waals surface area contributed by atoms with Crippen molar-refractivity contribution in [3.63, 3.8) is 0 Å². The summed E-state index contributed by atoms with van der Waals surface area (Å²) in [5, 5.41) is 6.30. The number of hydrogen-bond acceptors (Lipinski definition) is 3. The van der Waals surface area contributed by atoms with Crippen LogP contribution in [-0.2, 0) is 4.79 Å². The zero-order chi connectivity index (χ0) is 14.2.